The first kappa shape index (κ1) is 16.4. The third-order valence-corrected chi connectivity index (χ3v) is 2.66. The smallest absolute Gasteiger partial charge is 0.330 e. The number of ether oxygens (including phenoxy) is 2. The molecular formula is C15H17NO5. The molecule has 0 fully saturated rings. The minimum absolute atomic E-state index is 0.297. The molecule has 0 saturated heterocycles. The minimum atomic E-state index is -0.827. The predicted octanol–water partition coefficient (Wildman–Crippen LogP) is 0.616. The number of rotatable bonds is 6. The van der Waals surface area contributed by atoms with Crippen molar-refractivity contribution in [1.82, 2.24) is 5.32 Å². The maximum absolute atomic E-state index is 11.7. The van der Waals surface area contributed by atoms with E-state index in [1.807, 2.05) is 30.3 Å². The van der Waals surface area contributed by atoms with Crippen LogP contribution in [0.25, 0.3) is 0 Å². The summed E-state index contributed by atoms with van der Waals surface area (Å²) in [5.41, 5.74) is 0.880. The quantitative estimate of drug-likeness (QED) is 0.613. The van der Waals surface area contributed by atoms with E-state index in [0.29, 0.717) is 6.42 Å². The van der Waals surface area contributed by atoms with E-state index in [2.05, 4.69) is 14.8 Å². The highest BCUT2D eigenvalue weighted by Crippen LogP contribution is 2.04. The Hall–Kier alpha value is -2.63. The molecule has 0 saturated carbocycles. The van der Waals surface area contributed by atoms with Crippen LogP contribution >= 0.6 is 0 Å². The molecule has 0 aliphatic heterocycles. The second kappa shape index (κ2) is 8.52. The van der Waals surface area contributed by atoms with Crippen LogP contribution in [-0.2, 0) is 30.3 Å². The number of nitrogens with one attached hydrogen (secondary N) is 1. The summed E-state index contributed by atoms with van der Waals surface area (Å²) in [6.45, 7) is 0. The van der Waals surface area contributed by atoms with E-state index in [4.69, 9.17) is 0 Å². The van der Waals surface area contributed by atoms with Gasteiger partial charge in [0.1, 0.15) is 6.04 Å². The number of hydrogen-bond donors (Lipinski definition) is 1. The molecule has 1 amide bonds. The fourth-order valence-electron chi connectivity index (χ4n) is 1.62. The van der Waals surface area contributed by atoms with Crippen LogP contribution < -0.4 is 5.32 Å². The largest absolute Gasteiger partial charge is 0.467 e. The van der Waals surface area contributed by atoms with E-state index >= 15 is 0 Å². The topological polar surface area (TPSA) is 81.7 Å². The highest BCUT2D eigenvalue weighted by Gasteiger charge is 2.21. The lowest BCUT2D eigenvalue weighted by molar-refractivity contribution is -0.144. The predicted molar refractivity (Wildman–Crippen MR) is 75.2 cm³/mol. The summed E-state index contributed by atoms with van der Waals surface area (Å²) in [6.07, 6.45) is 2.28. The number of amides is 1. The summed E-state index contributed by atoms with van der Waals surface area (Å²) < 4.78 is 9.04. The van der Waals surface area contributed by atoms with Gasteiger partial charge in [0.05, 0.1) is 14.2 Å². The van der Waals surface area contributed by atoms with E-state index in [1.54, 1.807) is 0 Å². The molecule has 0 unspecified atom stereocenters. The van der Waals surface area contributed by atoms with Crippen molar-refractivity contribution in [3.63, 3.8) is 0 Å². The van der Waals surface area contributed by atoms with E-state index in [9.17, 15) is 14.4 Å². The Morgan fingerprint density at radius 1 is 1.10 bits per heavy atom. The van der Waals surface area contributed by atoms with Gasteiger partial charge in [-0.2, -0.15) is 0 Å². The Morgan fingerprint density at radius 2 is 1.76 bits per heavy atom. The van der Waals surface area contributed by atoms with E-state index < -0.39 is 23.9 Å². The fraction of sp³-hybridized carbons (Fsp3) is 0.267. The van der Waals surface area contributed by atoms with Crippen molar-refractivity contribution in [2.75, 3.05) is 14.2 Å². The minimum Gasteiger partial charge on any atom is -0.467 e. The second-order valence-electron chi connectivity index (χ2n) is 4.13. The number of methoxy groups -OCH3 is 2. The van der Waals surface area contributed by atoms with Gasteiger partial charge in [0.25, 0.3) is 0 Å². The molecule has 6 heteroatoms. The van der Waals surface area contributed by atoms with Gasteiger partial charge in [-0.25, -0.2) is 9.59 Å². The van der Waals surface area contributed by atoms with Crippen LogP contribution in [0.15, 0.2) is 42.5 Å². The number of hydrogen-bond acceptors (Lipinski definition) is 5. The molecular weight excluding hydrogens is 274 g/mol. The van der Waals surface area contributed by atoms with Crippen molar-refractivity contribution in [2.45, 2.75) is 12.5 Å². The molecule has 6 nitrogen and oxygen atoms in total. The summed E-state index contributed by atoms with van der Waals surface area (Å²) in [5.74, 6) is -1.78. The van der Waals surface area contributed by atoms with Gasteiger partial charge in [-0.15, -0.1) is 0 Å². The maximum atomic E-state index is 11.7. The molecule has 0 radical (unpaired) electrons. The third-order valence-electron chi connectivity index (χ3n) is 2.66. The van der Waals surface area contributed by atoms with Crippen molar-refractivity contribution < 1.29 is 23.9 Å². The number of carbonyl (C=O) groups excluding carboxylic acids is 3. The maximum Gasteiger partial charge on any atom is 0.330 e. The Morgan fingerprint density at radius 3 is 2.33 bits per heavy atom. The van der Waals surface area contributed by atoms with E-state index in [-0.39, 0.29) is 0 Å². The number of carbonyl (C=O) groups is 3. The average molecular weight is 291 g/mol. The van der Waals surface area contributed by atoms with Gasteiger partial charge in [0, 0.05) is 18.6 Å². The van der Waals surface area contributed by atoms with Gasteiger partial charge in [0.15, 0.2) is 0 Å². The van der Waals surface area contributed by atoms with Crippen LogP contribution in [0.4, 0.5) is 0 Å². The normalized spacial score (nSPS) is 11.7. The zero-order chi connectivity index (χ0) is 15.7. The molecule has 1 aromatic carbocycles. The highest BCUT2D eigenvalue weighted by molar-refractivity contribution is 5.96. The average Bonchev–Trinajstić information content (AvgIpc) is 2.52. The molecule has 0 aliphatic rings. The lowest BCUT2D eigenvalue weighted by Gasteiger charge is -2.15. The Kier molecular flexibility index (Phi) is 6.67. The van der Waals surface area contributed by atoms with Crippen molar-refractivity contribution >= 4 is 17.8 Å². The van der Waals surface area contributed by atoms with Crippen LogP contribution in [-0.4, -0.2) is 38.1 Å². The molecule has 21 heavy (non-hydrogen) atoms. The standard InChI is InChI=1S/C15H17NO5/c1-20-14(18)9-8-13(17)16-12(15(19)21-2)10-11-6-4-3-5-7-11/h3-9,12H,10H2,1-2H3,(H,16,17)/b9-8-/t12-/m0/s1. The fourth-order valence-corrected chi connectivity index (χ4v) is 1.62. The first-order valence-electron chi connectivity index (χ1n) is 6.25. The zero-order valence-electron chi connectivity index (χ0n) is 11.9. The van der Waals surface area contributed by atoms with E-state index in [1.165, 1.54) is 14.2 Å². The van der Waals surface area contributed by atoms with Crippen LogP contribution in [0.5, 0.6) is 0 Å². The van der Waals surface area contributed by atoms with Crippen molar-refractivity contribution in [1.29, 1.82) is 0 Å². The molecule has 0 spiro atoms. The van der Waals surface area contributed by atoms with Crippen LogP contribution in [0.1, 0.15) is 5.56 Å². The van der Waals surface area contributed by atoms with Crippen molar-refractivity contribution in [2.24, 2.45) is 0 Å². The summed E-state index contributed by atoms with van der Waals surface area (Å²) in [7, 11) is 2.45. The van der Waals surface area contributed by atoms with Gasteiger partial charge in [-0.3, -0.25) is 4.79 Å². The van der Waals surface area contributed by atoms with Gasteiger partial charge in [0.2, 0.25) is 5.91 Å². The van der Waals surface area contributed by atoms with Crippen LogP contribution in [0.2, 0.25) is 0 Å². The third kappa shape index (κ3) is 5.90. The summed E-state index contributed by atoms with van der Waals surface area (Å²) in [4.78, 5) is 34.3. The van der Waals surface area contributed by atoms with Gasteiger partial charge < -0.3 is 14.8 Å². The monoisotopic (exact) mass is 291 g/mol. The zero-order valence-corrected chi connectivity index (χ0v) is 11.9. The van der Waals surface area contributed by atoms with Crippen molar-refractivity contribution in [3.05, 3.63) is 48.0 Å². The summed E-state index contributed by atoms with van der Waals surface area (Å²) >= 11 is 0. The molecule has 0 heterocycles. The Labute approximate surface area is 122 Å². The molecule has 1 N–H and O–H groups in total. The van der Waals surface area contributed by atoms with Crippen LogP contribution in [0, 0.1) is 0 Å². The first-order valence-corrected chi connectivity index (χ1v) is 6.25. The summed E-state index contributed by atoms with van der Waals surface area (Å²) in [6, 6.07) is 8.38. The molecule has 0 aliphatic carbocycles. The SMILES string of the molecule is COC(=O)/C=C\C(=O)N[C@@H](Cc1ccccc1)C(=O)OC. The van der Waals surface area contributed by atoms with E-state index in [0.717, 1.165) is 17.7 Å². The Balaban J connectivity index is 2.70. The Bertz CT molecular complexity index is 524. The highest BCUT2D eigenvalue weighted by atomic mass is 16.5. The van der Waals surface area contributed by atoms with Crippen molar-refractivity contribution in [3.8, 4) is 0 Å². The molecule has 1 rings (SSSR count). The molecule has 0 bridgehead atoms. The first-order chi connectivity index (χ1) is 10.1. The van der Waals surface area contributed by atoms with Gasteiger partial charge in [-0.1, -0.05) is 30.3 Å². The molecule has 0 aromatic heterocycles. The summed E-state index contributed by atoms with van der Waals surface area (Å²) in [5, 5.41) is 2.49. The number of benzene rings is 1. The molecule has 1 atom stereocenters. The lowest BCUT2D eigenvalue weighted by atomic mass is 10.1. The van der Waals surface area contributed by atoms with Gasteiger partial charge in [-0.05, 0) is 5.56 Å². The molecule has 112 valence electrons. The molecule has 1 aromatic rings. The number of esters is 2. The van der Waals surface area contributed by atoms with Gasteiger partial charge >= 0.3 is 11.9 Å². The lowest BCUT2D eigenvalue weighted by Crippen LogP contribution is -2.42. The van der Waals surface area contributed by atoms with Crippen LogP contribution in [0.3, 0.4) is 0 Å². The second-order valence-corrected chi connectivity index (χ2v) is 4.13.